The Morgan fingerprint density at radius 3 is 2.73 bits per heavy atom. The van der Waals surface area contributed by atoms with Gasteiger partial charge in [0.25, 0.3) is 5.91 Å². The van der Waals surface area contributed by atoms with Crippen LogP contribution in [0.1, 0.15) is 35.7 Å². The van der Waals surface area contributed by atoms with Gasteiger partial charge < -0.3 is 15.8 Å². The van der Waals surface area contributed by atoms with Crippen molar-refractivity contribution in [3.05, 3.63) is 65.0 Å². The van der Waals surface area contributed by atoms with E-state index in [0.717, 1.165) is 30.2 Å². The van der Waals surface area contributed by atoms with E-state index in [0.29, 0.717) is 6.54 Å². The van der Waals surface area contributed by atoms with Gasteiger partial charge in [0.2, 0.25) is 5.95 Å². The second-order valence-electron chi connectivity index (χ2n) is 5.95. The number of rotatable bonds is 6. The molecule has 1 amide bonds. The number of hydrogen-bond donors (Lipinski definition) is 2. The standard InChI is InChI=1S/C19H20FN3O2S/c1-2-19(10-3-11-26-19)25-14-6-4-13(5-7-14)12-22-18(24)15-8-9-16(20)23-17(15)21/h3-9,11H,2,10,12H2,1H3,(H2,21,23)(H,22,24). The number of nitrogens with one attached hydrogen (secondary N) is 1. The molecule has 0 radical (unpaired) electrons. The zero-order valence-corrected chi connectivity index (χ0v) is 15.2. The molecule has 1 aliphatic rings. The quantitative estimate of drug-likeness (QED) is 0.752. The Morgan fingerprint density at radius 2 is 2.12 bits per heavy atom. The van der Waals surface area contributed by atoms with E-state index in [1.165, 1.54) is 6.07 Å². The van der Waals surface area contributed by atoms with Crippen LogP contribution in [0.4, 0.5) is 10.2 Å². The van der Waals surface area contributed by atoms with Gasteiger partial charge in [-0.15, -0.1) is 0 Å². The van der Waals surface area contributed by atoms with E-state index < -0.39 is 11.9 Å². The summed E-state index contributed by atoms with van der Waals surface area (Å²) in [6.07, 6.45) is 3.92. The SMILES string of the molecule is CCC1(Oc2ccc(CNC(=O)c3ccc(F)nc3N)cc2)CC=CS1. The fourth-order valence-corrected chi connectivity index (χ4v) is 3.57. The van der Waals surface area contributed by atoms with Gasteiger partial charge in [-0.3, -0.25) is 4.79 Å². The molecule has 3 rings (SSSR count). The number of amides is 1. The molecule has 2 aromatic rings. The Kier molecular flexibility index (Phi) is 5.46. The van der Waals surface area contributed by atoms with Crippen molar-refractivity contribution in [3.8, 4) is 5.75 Å². The number of carbonyl (C=O) groups excluding carboxylic acids is 1. The number of thioether (sulfide) groups is 1. The number of benzene rings is 1. The topological polar surface area (TPSA) is 77.2 Å². The fourth-order valence-electron chi connectivity index (χ4n) is 2.62. The summed E-state index contributed by atoms with van der Waals surface area (Å²) in [5.74, 6) is -0.437. The van der Waals surface area contributed by atoms with Crippen LogP contribution in [0.3, 0.4) is 0 Å². The monoisotopic (exact) mass is 373 g/mol. The number of nitrogens with two attached hydrogens (primary N) is 1. The first kappa shape index (κ1) is 18.3. The smallest absolute Gasteiger partial charge is 0.255 e. The molecule has 3 N–H and O–H groups in total. The molecule has 1 aromatic carbocycles. The molecule has 1 aliphatic heterocycles. The molecule has 0 saturated carbocycles. The van der Waals surface area contributed by atoms with Crippen molar-refractivity contribution in [2.75, 3.05) is 5.73 Å². The van der Waals surface area contributed by atoms with Gasteiger partial charge in [0, 0.05) is 13.0 Å². The minimum absolute atomic E-state index is 0.126. The zero-order valence-electron chi connectivity index (χ0n) is 14.4. The van der Waals surface area contributed by atoms with Crippen LogP contribution < -0.4 is 15.8 Å². The van der Waals surface area contributed by atoms with Crippen molar-refractivity contribution in [1.29, 1.82) is 0 Å². The normalized spacial score (nSPS) is 18.7. The molecule has 1 unspecified atom stereocenters. The summed E-state index contributed by atoms with van der Waals surface area (Å²) in [6.45, 7) is 2.44. The van der Waals surface area contributed by atoms with Crippen molar-refractivity contribution in [3.63, 3.8) is 0 Å². The third-order valence-corrected chi connectivity index (χ3v) is 5.46. The average Bonchev–Trinajstić information content (AvgIpc) is 3.10. The molecule has 0 bridgehead atoms. The molecule has 2 heterocycles. The second-order valence-corrected chi connectivity index (χ2v) is 7.21. The molecule has 136 valence electrons. The predicted octanol–water partition coefficient (Wildman–Crippen LogP) is 3.87. The van der Waals surface area contributed by atoms with Gasteiger partial charge in [-0.05, 0) is 41.7 Å². The summed E-state index contributed by atoms with van der Waals surface area (Å²) in [6, 6.07) is 10.0. The van der Waals surface area contributed by atoms with Crippen LogP contribution in [0.25, 0.3) is 0 Å². The van der Waals surface area contributed by atoms with E-state index in [2.05, 4.69) is 28.7 Å². The number of pyridine rings is 1. The molecule has 0 spiro atoms. The van der Waals surface area contributed by atoms with Gasteiger partial charge in [0.15, 0.2) is 4.93 Å². The molecule has 1 atom stereocenters. The average molecular weight is 373 g/mol. The van der Waals surface area contributed by atoms with Crippen molar-refractivity contribution in [2.24, 2.45) is 0 Å². The minimum Gasteiger partial charge on any atom is -0.476 e. The largest absolute Gasteiger partial charge is 0.476 e. The number of aromatic nitrogens is 1. The maximum absolute atomic E-state index is 13.0. The van der Waals surface area contributed by atoms with Crippen LogP contribution in [0.2, 0.25) is 0 Å². The second kappa shape index (κ2) is 7.78. The molecule has 1 aromatic heterocycles. The molecular formula is C19H20FN3O2S. The summed E-state index contributed by atoms with van der Waals surface area (Å²) >= 11 is 1.70. The first-order chi connectivity index (χ1) is 12.5. The van der Waals surface area contributed by atoms with Crippen molar-refractivity contribution in [2.45, 2.75) is 31.2 Å². The lowest BCUT2D eigenvalue weighted by Crippen LogP contribution is -2.28. The molecule has 7 heteroatoms. The number of nitrogen functional groups attached to an aromatic ring is 1. The van der Waals surface area contributed by atoms with Gasteiger partial charge in [-0.25, -0.2) is 4.98 Å². The minimum atomic E-state index is -0.713. The Morgan fingerprint density at radius 1 is 1.35 bits per heavy atom. The molecular weight excluding hydrogens is 353 g/mol. The fraction of sp³-hybridized carbons (Fsp3) is 0.263. The highest BCUT2D eigenvalue weighted by atomic mass is 32.2. The number of halogens is 1. The third kappa shape index (κ3) is 4.16. The van der Waals surface area contributed by atoms with Crippen LogP contribution in [-0.2, 0) is 6.54 Å². The number of anilines is 1. The van der Waals surface area contributed by atoms with E-state index in [4.69, 9.17) is 10.5 Å². The highest BCUT2D eigenvalue weighted by molar-refractivity contribution is 8.03. The Labute approximate surface area is 155 Å². The van der Waals surface area contributed by atoms with Gasteiger partial charge in [-0.1, -0.05) is 36.9 Å². The summed E-state index contributed by atoms with van der Waals surface area (Å²) < 4.78 is 19.1. The van der Waals surface area contributed by atoms with E-state index >= 15 is 0 Å². The summed E-state index contributed by atoms with van der Waals surface area (Å²) in [7, 11) is 0. The van der Waals surface area contributed by atoms with Gasteiger partial charge in [0.05, 0.1) is 5.56 Å². The Bertz CT molecular complexity index is 816. The van der Waals surface area contributed by atoms with Gasteiger partial charge >= 0.3 is 0 Å². The highest BCUT2D eigenvalue weighted by Crippen LogP contribution is 2.40. The maximum atomic E-state index is 13.0. The third-order valence-electron chi connectivity index (χ3n) is 4.16. The van der Waals surface area contributed by atoms with E-state index in [1.807, 2.05) is 24.3 Å². The summed E-state index contributed by atoms with van der Waals surface area (Å²) in [5, 5.41) is 4.82. The van der Waals surface area contributed by atoms with E-state index in [1.54, 1.807) is 11.8 Å². The van der Waals surface area contributed by atoms with Crippen LogP contribution in [0.15, 0.2) is 47.9 Å². The summed E-state index contributed by atoms with van der Waals surface area (Å²) in [4.78, 5) is 15.4. The van der Waals surface area contributed by atoms with Gasteiger partial charge in [-0.2, -0.15) is 4.39 Å². The highest BCUT2D eigenvalue weighted by Gasteiger charge is 2.32. The zero-order chi connectivity index (χ0) is 18.6. The van der Waals surface area contributed by atoms with Crippen LogP contribution in [-0.4, -0.2) is 15.8 Å². The van der Waals surface area contributed by atoms with Crippen LogP contribution in [0, 0.1) is 5.95 Å². The molecule has 0 saturated heterocycles. The first-order valence-corrected chi connectivity index (χ1v) is 9.20. The Balaban J connectivity index is 1.58. The van der Waals surface area contributed by atoms with E-state index in [9.17, 15) is 9.18 Å². The van der Waals surface area contributed by atoms with Crippen molar-refractivity contribution >= 4 is 23.5 Å². The number of ether oxygens (including phenoxy) is 1. The lowest BCUT2D eigenvalue weighted by Gasteiger charge is -2.28. The Hall–Kier alpha value is -2.54. The van der Waals surface area contributed by atoms with Crippen LogP contribution >= 0.6 is 11.8 Å². The number of carbonyl (C=O) groups is 1. The van der Waals surface area contributed by atoms with Gasteiger partial charge in [0.1, 0.15) is 11.6 Å². The molecule has 0 aliphatic carbocycles. The predicted molar refractivity (Wildman–Crippen MR) is 101 cm³/mol. The molecule has 0 fully saturated rings. The lowest BCUT2D eigenvalue weighted by atomic mass is 10.1. The van der Waals surface area contributed by atoms with Crippen molar-refractivity contribution in [1.82, 2.24) is 10.3 Å². The number of nitrogens with zero attached hydrogens (tertiary/aromatic N) is 1. The number of hydrogen-bond acceptors (Lipinski definition) is 5. The van der Waals surface area contributed by atoms with E-state index in [-0.39, 0.29) is 16.3 Å². The molecule has 26 heavy (non-hydrogen) atoms. The maximum Gasteiger partial charge on any atom is 0.255 e. The molecule has 5 nitrogen and oxygen atoms in total. The summed E-state index contributed by atoms with van der Waals surface area (Å²) in [5.41, 5.74) is 6.65. The van der Waals surface area contributed by atoms with Crippen LogP contribution in [0.5, 0.6) is 5.75 Å². The van der Waals surface area contributed by atoms with Crippen molar-refractivity contribution < 1.29 is 13.9 Å². The first-order valence-electron chi connectivity index (χ1n) is 8.32. The lowest BCUT2D eigenvalue weighted by molar-refractivity contribution is 0.0951.